The average Bonchev–Trinajstić information content (AvgIpc) is 3.18. The number of amides is 1. The van der Waals surface area contributed by atoms with Gasteiger partial charge in [0.05, 0.1) is 6.33 Å². The predicted molar refractivity (Wildman–Crippen MR) is 91.7 cm³/mol. The summed E-state index contributed by atoms with van der Waals surface area (Å²) in [5, 5.41) is 3.50. The Morgan fingerprint density at radius 1 is 1.43 bits per heavy atom. The van der Waals surface area contributed by atoms with Gasteiger partial charge in [-0.15, -0.1) is 11.3 Å². The third-order valence-corrected chi connectivity index (χ3v) is 4.51. The van der Waals surface area contributed by atoms with Crippen molar-refractivity contribution in [2.75, 3.05) is 5.32 Å². The molecule has 0 unspecified atom stereocenters. The summed E-state index contributed by atoms with van der Waals surface area (Å²) in [6.45, 7) is 3.91. The maximum absolute atomic E-state index is 12.2. The molecule has 6 heteroatoms. The first-order valence-corrected chi connectivity index (χ1v) is 8.22. The van der Waals surface area contributed by atoms with Gasteiger partial charge in [-0.2, -0.15) is 0 Å². The van der Waals surface area contributed by atoms with E-state index in [-0.39, 0.29) is 11.9 Å². The zero-order valence-electron chi connectivity index (χ0n) is 13.1. The van der Waals surface area contributed by atoms with E-state index in [1.165, 1.54) is 22.5 Å². The summed E-state index contributed by atoms with van der Waals surface area (Å²) < 4.78 is 1.76. The van der Waals surface area contributed by atoms with Gasteiger partial charge in [0.15, 0.2) is 5.13 Å². The molecule has 0 bridgehead atoms. The van der Waals surface area contributed by atoms with E-state index in [1.807, 2.05) is 13.1 Å². The van der Waals surface area contributed by atoms with Gasteiger partial charge in [-0.05, 0) is 19.4 Å². The first-order chi connectivity index (χ1) is 11.1. The number of carbonyl (C=O) groups is 1. The van der Waals surface area contributed by atoms with E-state index in [9.17, 15) is 4.79 Å². The Morgan fingerprint density at radius 2 is 2.30 bits per heavy atom. The smallest absolute Gasteiger partial charge is 0.248 e. The summed E-state index contributed by atoms with van der Waals surface area (Å²) >= 11 is 1.51. The Kier molecular flexibility index (Phi) is 4.52. The summed E-state index contributed by atoms with van der Waals surface area (Å²) in [6.07, 6.45) is 7.72. The molecule has 5 nitrogen and oxygen atoms in total. The quantitative estimate of drug-likeness (QED) is 0.781. The molecule has 0 saturated carbocycles. The highest BCUT2D eigenvalue weighted by molar-refractivity contribution is 7.15. The summed E-state index contributed by atoms with van der Waals surface area (Å²) in [6, 6.07) is 8.09. The predicted octanol–water partition coefficient (Wildman–Crippen LogP) is 3.44. The molecule has 0 aliphatic heterocycles. The van der Waals surface area contributed by atoms with Crippen molar-refractivity contribution in [3.05, 3.63) is 65.2 Å². The SMILES string of the molecule is Cc1cccc(Cc2cnc(NC(=O)[C@H](C)n3ccnc3)s2)c1. The molecule has 0 aliphatic carbocycles. The van der Waals surface area contributed by atoms with Crippen LogP contribution in [0.2, 0.25) is 0 Å². The Morgan fingerprint density at radius 3 is 3.04 bits per heavy atom. The van der Waals surface area contributed by atoms with Crippen LogP contribution in [-0.2, 0) is 11.2 Å². The third-order valence-electron chi connectivity index (χ3n) is 3.60. The lowest BCUT2D eigenvalue weighted by atomic mass is 10.1. The number of imidazole rings is 1. The Labute approximate surface area is 139 Å². The maximum Gasteiger partial charge on any atom is 0.248 e. The molecule has 1 atom stereocenters. The first-order valence-electron chi connectivity index (χ1n) is 7.40. The van der Waals surface area contributed by atoms with Crippen molar-refractivity contribution in [2.45, 2.75) is 26.3 Å². The number of aryl methyl sites for hydroxylation is 1. The van der Waals surface area contributed by atoms with Gasteiger partial charge >= 0.3 is 0 Å². The monoisotopic (exact) mass is 326 g/mol. The van der Waals surface area contributed by atoms with Crippen LogP contribution in [0.1, 0.15) is 29.0 Å². The highest BCUT2D eigenvalue weighted by atomic mass is 32.1. The molecule has 3 rings (SSSR count). The van der Waals surface area contributed by atoms with Crippen molar-refractivity contribution in [1.82, 2.24) is 14.5 Å². The van der Waals surface area contributed by atoms with E-state index < -0.39 is 0 Å². The summed E-state index contributed by atoms with van der Waals surface area (Å²) in [7, 11) is 0. The van der Waals surface area contributed by atoms with Crippen LogP contribution in [0.5, 0.6) is 0 Å². The van der Waals surface area contributed by atoms with E-state index in [0.29, 0.717) is 5.13 Å². The maximum atomic E-state index is 12.2. The van der Waals surface area contributed by atoms with E-state index in [0.717, 1.165) is 11.3 Å². The van der Waals surface area contributed by atoms with Crippen LogP contribution in [0.4, 0.5) is 5.13 Å². The van der Waals surface area contributed by atoms with Gasteiger partial charge in [0, 0.05) is 29.9 Å². The van der Waals surface area contributed by atoms with Crippen molar-refractivity contribution in [3.8, 4) is 0 Å². The number of anilines is 1. The third kappa shape index (κ3) is 3.84. The molecule has 2 heterocycles. The number of benzene rings is 1. The van der Waals surface area contributed by atoms with Crippen molar-refractivity contribution < 1.29 is 4.79 Å². The fourth-order valence-corrected chi connectivity index (χ4v) is 3.16. The molecule has 0 spiro atoms. The van der Waals surface area contributed by atoms with Gasteiger partial charge < -0.3 is 9.88 Å². The van der Waals surface area contributed by atoms with Crippen molar-refractivity contribution >= 4 is 22.4 Å². The zero-order valence-corrected chi connectivity index (χ0v) is 13.9. The lowest BCUT2D eigenvalue weighted by Gasteiger charge is -2.11. The molecule has 1 amide bonds. The standard InChI is InChI=1S/C17H18N4OS/c1-12-4-3-5-14(8-12)9-15-10-19-17(23-15)20-16(22)13(2)21-7-6-18-11-21/h3-8,10-11,13H,9H2,1-2H3,(H,19,20,22)/t13-/m0/s1. The Bertz CT molecular complexity index is 795. The van der Waals surface area contributed by atoms with Gasteiger partial charge in [-0.25, -0.2) is 9.97 Å². The minimum Gasteiger partial charge on any atom is -0.325 e. The molecular formula is C17H18N4OS. The van der Waals surface area contributed by atoms with Gasteiger partial charge in [-0.3, -0.25) is 4.79 Å². The highest BCUT2D eigenvalue weighted by Crippen LogP contribution is 2.22. The number of carbonyl (C=O) groups excluding carboxylic acids is 1. The van der Waals surface area contributed by atoms with Crippen LogP contribution < -0.4 is 5.32 Å². The summed E-state index contributed by atoms with van der Waals surface area (Å²) in [5.74, 6) is -0.0977. The molecule has 23 heavy (non-hydrogen) atoms. The minimum atomic E-state index is -0.318. The lowest BCUT2D eigenvalue weighted by molar-refractivity contribution is -0.118. The van der Waals surface area contributed by atoms with Crippen LogP contribution in [0.3, 0.4) is 0 Å². The summed E-state index contributed by atoms with van der Waals surface area (Å²) in [4.78, 5) is 21.6. The van der Waals surface area contributed by atoms with Crippen LogP contribution in [-0.4, -0.2) is 20.4 Å². The highest BCUT2D eigenvalue weighted by Gasteiger charge is 2.15. The number of hydrogen-bond donors (Lipinski definition) is 1. The second-order valence-electron chi connectivity index (χ2n) is 5.47. The van der Waals surface area contributed by atoms with Crippen molar-refractivity contribution in [2.24, 2.45) is 0 Å². The lowest BCUT2D eigenvalue weighted by Crippen LogP contribution is -2.22. The fourth-order valence-electron chi connectivity index (χ4n) is 2.31. The molecule has 1 N–H and O–H groups in total. The summed E-state index contributed by atoms with van der Waals surface area (Å²) in [5.41, 5.74) is 2.49. The molecule has 0 aliphatic rings. The van der Waals surface area contributed by atoms with Gasteiger partial charge in [0.2, 0.25) is 5.91 Å². The first kappa shape index (κ1) is 15.4. The molecule has 0 saturated heterocycles. The number of nitrogens with zero attached hydrogens (tertiary/aromatic N) is 3. The van der Waals surface area contributed by atoms with Crippen molar-refractivity contribution in [1.29, 1.82) is 0 Å². The largest absolute Gasteiger partial charge is 0.325 e. The van der Waals surface area contributed by atoms with E-state index in [4.69, 9.17) is 0 Å². The van der Waals surface area contributed by atoms with Crippen molar-refractivity contribution in [3.63, 3.8) is 0 Å². The fraction of sp³-hybridized carbons (Fsp3) is 0.235. The zero-order chi connectivity index (χ0) is 16.2. The number of aromatic nitrogens is 3. The molecule has 2 aromatic heterocycles. The topological polar surface area (TPSA) is 59.8 Å². The molecule has 1 aromatic carbocycles. The van der Waals surface area contributed by atoms with E-state index >= 15 is 0 Å². The molecule has 0 fully saturated rings. The number of thiazole rings is 1. The average molecular weight is 326 g/mol. The van der Waals surface area contributed by atoms with Gasteiger partial charge in [-0.1, -0.05) is 29.8 Å². The Hall–Kier alpha value is -2.47. The van der Waals surface area contributed by atoms with E-state index in [1.54, 1.807) is 23.3 Å². The van der Waals surface area contributed by atoms with Crippen LogP contribution in [0.25, 0.3) is 0 Å². The molecular weight excluding hydrogens is 308 g/mol. The number of rotatable bonds is 5. The Balaban J connectivity index is 1.64. The second kappa shape index (κ2) is 6.75. The molecule has 0 radical (unpaired) electrons. The van der Waals surface area contributed by atoms with Crippen LogP contribution in [0.15, 0.2) is 49.2 Å². The molecule has 118 valence electrons. The second-order valence-corrected chi connectivity index (χ2v) is 6.59. The van der Waals surface area contributed by atoms with Crippen LogP contribution >= 0.6 is 11.3 Å². The van der Waals surface area contributed by atoms with Gasteiger partial charge in [0.1, 0.15) is 6.04 Å². The van der Waals surface area contributed by atoms with Crippen LogP contribution in [0, 0.1) is 6.92 Å². The number of nitrogens with one attached hydrogen (secondary N) is 1. The number of hydrogen-bond acceptors (Lipinski definition) is 4. The minimum absolute atomic E-state index is 0.0977. The normalized spacial score (nSPS) is 12.1. The molecule has 3 aromatic rings. The van der Waals surface area contributed by atoms with Gasteiger partial charge in [0.25, 0.3) is 0 Å². The van der Waals surface area contributed by atoms with E-state index in [2.05, 4.69) is 46.5 Å².